The highest BCUT2D eigenvalue weighted by atomic mass is 16.5. The fourth-order valence-corrected chi connectivity index (χ4v) is 2.67. The molecule has 1 amide bonds. The average molecular weight is 326 g/mol. The average Bonchev–Trinajstić information content (AvgIpc) is 2.97. The van der Waals surface area contributed by atoms with E-state index in [1.54, 1.807) is 0 Å². The molecule has 0 saturated carbocycles. The molecule has 5 heteroatoms. The maximum absolute atomic E-state index is 11.8. The van der Waals surface area contributed by atoms with Gasteiger partial charge in [0.25, 0.3) is 5.91 Å². The van der Waals surface area contributed by atoms with Gasteiger partial charge in [0, 0.05) is 42.1 Å². The van der Waals surface area contributed by atoms with Crippen LogP contribution in [0, 0.1) is 0 Å². The molecule has 0 aliphatic heterocycles. The number of carbonyl (C=O) groups is 1. The van der Waals surface area contributed by atoms with E-state index in [0.717, 1.165) is 22.8 Å². The van der Waals surface area contributed by atoms with Gasteiger partial charge in [-0.3, -0.25) is 4.79 Å². The molecule has 24 heavy (non-hydrogen) atoms. The van der Waals surface area contributed by atoms with Crippen molar-refractivity contribution in [2.45, 2.75) is 13.3 Å². The number of para-hydroxylation sites is 1. The third kappa shape index (κ3) is 3.86. The van der Waals surface area contributed by atoms with E-state index >= 15 is 0 Å². The first-order valence-corrected chi connectivity index (χ1v) is 8.25. The van der Waals surface area contributed by atoms with Crippen LogP contribution >= 0.6 is 0 Å². The van der Waals surface area contributed by atoms with Gasteiger partial charge in [-0.05, 0) is 31.5 Å². The highest BCUT2D eigenvalue weighted by Crippen LogP contribution is 2.28. The molecule has 0 unspecified atom stereocenters. The smallest absolute Gasteiger partial charge is 0.257 e. The molecule has 3 rings (SSSR count). The summed E-state index contributed by atoms with van der Waals surface area (Å²) in [5.41, 5.74) is 2.10. The lowest BCUT2D eigenvalue weighted by molar-refractivity contribution is -0.123. The Morgan fingerprint density at radius 1 is 1.12 bits per heavy atom. The van der Waals surface area contributed by atoms with E-state index in [1.807, 2.05) is 43.3 Å². The van der Waals surface area contributed by atoms with E-state index in [1.165, 1.54) is 5.39 Å². The van der Waals surface area contributed by atoms with Gasteiger partial charge >= 0.3 is 0 Å². The zero-order valence-electron chi connectivity index (χ0n) is 13.8. The monoisotopic (exact) mass is 326 g/mol. The second-order valence-electron chi connectivity index (χ2n) is 5.57. The first kappa shape index (κ1) is 16.3. The van der Waals surface area contributed by atoms with Gasteiger partial charge in [-0.15, -0.1) is 0 Å². The van der Waals surface area contributed by atoms with Gasteiger partial charge < -0.3 is 19.8 Å². The van der Waals surface area contributed by atoms with Crippen molar-refractivity contribution in [3.63, 3.8) is 0 Å². The minimum atomic E-state index is -0.122. The number of H-pyrrole nitrogens is 1. The minimum absolute atomic E-state index is 0.0143. The summed E-state index contributed by atoms with van der Waals surface area (Å²) in [7, 11) is 0. The zero-order valence-corrected chi connectivity index (χ0v) is 13.8. The fourth-order valence-electron chi connectivity index (χ4n) is 2.67. The van der Waals surface area contributed by atoms with Crippen molar-refractivity contribution in [3.05, 3.63) is 42.5 Å². The molecule has 0 radical (unpaired) electrons. The Labute approximate surface area is 140 Å². The molecule has 0 atom stereocenters. The van der Waals surface area contributed by atoms with Gasteiger partial charge in [-0.25, -0.2) is 0 Å². The van der Waals surface area contributed by atoms with E-state index in [0.29, 0.717) is 25.5 Å². The van der Waals surface area contributed by atoms with Crippen molar-refractivity contribution in [3.8, 4) is 5.75 Å². The van der Waals surface area contributed by atoms with Crippen LogP contribution in [0.25, 0.3) is 21.8 Å². The number of hydrogen-bond acceptors (Lipinski definition) is 3. The standard InChI is InChI=1S/C19H22N2O3/c1-2-23-11-5-10-20-19(22)13-24-14-8-9-16-15-6-3-4-7-17(15)21-18(16)12-14/h3-4,6-9,12,21H,2,5,10-11,13H2,1H3,(H,20,22). The zero-order chi connectivity index (χ0) is 16.8. The van der Waals surface area contributed by atoms with Crippen LogP contribution in [0.1, 0.15) is 13.3 Å². The summed E-state index contributed by atoms with van der Waals surface area (Å²) < 4.78 is 10.8. The predicted molar refractivity (Wildman–Crippen MR) is 95.4 cm³/mol. The Morgan fingerprint density at radius 2 is 1.96 bits per heavy atom. The first-order valence-electron chi connectivity index (χ1n) is 8.25. The topological polar surface area (TPSA) is 63.4 Å². The number of benzene rings is 2. The second kappa shape index (κ2) is 7.84. The molecular weight excluding hydrogens is 304 g/mol. The fraction of sp³-hybridized carbons (Fsp3) is 0.316. The highest BCUT2D eigenvalue weighted by Gasteiger charge is 2.06. The number of ether oxygens (including phenoxy) is 2. The van der Waals surface area contributed by atoms with Gasteiger partial charge in [0.2, 0.25) is 0 Å². The lowest BCUT2D eigenvalue weighted by Gasteiger charge is -2.07. The summed E-state index contributed by atoms with van der Waals surface area (Å²) >= 11 is 0. The lowest BCUT2D eigenvalue weighted by atomic mass is 10.1. The molecule has 0 aliphatic rings. The van der Waals surface area contributed by atoms with Crippen molar-refractivity contribution >= 4 is 27.7 Å². The summed E-state index contributed by atoms with van der Waals surface area (Å²) in [6, 6.07) is 14.0. The van der Waals surface area contributed by atoms with Crippen LogP contribution in [0.2, 0.25) is 0 Å². The number of carbonyl (C=O) groups excluding carboxylic acids is 1. The van der Waals surface area contributed by atoms with E-state index in [2.05, 4.69) is 16.4 Å². The molecule has 2 N–H and O–H groups in total. The SMILES string of the molecule is CCOCCCNC(=O)COc1ccc2c(c1)[nH]c1ccccc12. The van der Waals surface area contributed by atoms with Crippen LogP contribution < -0.4 is 10.1 Å². The van der Waals surface area contributed by atoms with E-state index in [-0.39, 0.29) is 12.5 Å². The number of hydrogen-bond donors (Lipinski definition) is 2. The molecule has 0 spiro atoms. The summed E-state index contributed by atoms with van der Waals surface area (Å²) in [5.74, 6) is 0.557. The Bertz CT molecular complexity index is 826. The summed E-state index contributed by atoms with van der Waals surface area (Å²) in [6.45, 7) is 3.93. The van der Waals surface area contributed by atoms with Crippen LogP contribution in [0.5, 0.6) is 5.75 Å². The molecule has 1 heterocycles. The van der Waals surface area contributed by atoms with Crippen molar-refractivity contribution < 1.29 is 14.3 Å². The van der Waals surface area contributed by atoms with Crippen molar-refractivity contribution in [1.29, 1.82) is 0 Å². The van der Waals surface area contributed by atoms with Crippen LogP contribution in [0.15, 0.2) is 42.5 Å². The van der Waals surface area contributed by atoms with Gasteiger partial charge in [0.05, 0.1) is 5.52 Å². The molecule has 0 bridgehead atoms. The van der Waals surface area contributed by atoms with E-state index < -0.39 is 0 Å². The Balaban J connectivity index is 1.55. The third-order valence-corrected chi connectivity index (χ3v) is 3.84. The minimum Gasteiger partial charge on any atom is -0.484 e. The molecule has 0 fully saturated rings. The molecule has 0 saturated heterocycles. The normalized spacial score (nSPS) is 11.0. The maximum Gasteiger partial charge on any atom is 0.257 e. The molecular formula is C19H22N2O3. The number of aromatic nitrogens is 1. The summed E-state index contributed by atoms with van der Waals surface area (Å²) in [4.78, 5) is 15.1. The summed E-state index contributed by atoms with van der Waals surface area (Å²) in [5, 5.41) is 5.16. The van der Waals surface area contributed by atoms with Gasteiger partial charge in [0.1, 0.15) is 5.75 Å². The lowest BCUT2D eigenvalue weighted by Crippen LogP contribution is -2.30. The maximum atomic E-state index is 11.8. The molecule has 1 aromatic heterocycles. The molecule has 3 aromatic rings. The highest BCUT2D eigenvalue weighted by molar-refractivity contribution is 6.07. The predicted octanol–water partition coefficient (Wildman–Crippen LogP) is 3.24. The van der Waals surface area contributed by atoms with Gasteiger partial charge in [-0.1, -0.05) is 18.2 Å². The van der Waals surface area contributed by atoms with Gasteiger partial charge in [-0.2, -0.15) is 0 Å². The Morgan fingerprint density at radius 3 is 2.83 bits per heavy atom. The van der Waals surface area contributed by atoms with Crippen LogP contribution in [0.3, 0.4) is 0 Å². The molecule has 0 aliphatic carbocycles. The van der Waals surface area contributed by atoms with Crippen LogP contribution in [-0.2, 0) is 9.53 Å². The summed E-state index contributed by atoms with van der Waals surface area (Å²) in [6.07, 6.45) is 0.806. The largest absolute Gasteiger partial charge is 0.484 e. The van der Waals surface area contributed by atoms with Gasteiger partial charge in [0.15, 0.2) is 6.61 Å². The molecule has 5 nitrogen and oxygen atoms in total. The van der Waals surface area contributed by atoms with Crippen molar-refractivity contribution in [2.24, 2.45) is 0 Å². The second-order valence-corrected chi connectivity index (χ2v) is 5.57. The Hall–Kier alpha value is -2.53. The number of fused-ring (bicyclic) bond motifs is 3. The number of aromatic amines is 1. The van der Waals surface area contributed by atoms with Crippen LogP contribution in [-0.4, -0.2) is 37.3 Å². The molecule has 2 aromatic carbocycles. The third-order valence-electron chi connectivity index (χ3n) is 3.84. The number of amides is 1. The molecule has 126 valence electrons. The number of nitrogens with one attached hydrogen (secondary N) is 2. The number of rotatable bonds is 8. The first-order chi connectivity index (χ1) is 11.8. The van der Waals surface area contributed by atoms with Crippen molar-refractivity contribution in [1.82, 2.24) is 10.3 Å². The van der Waals surface area contributed by atoms with E-state index in [9.17, 15) is 4.79 Å². The van der Waals surface area contributed by atoms with Crippen molar-refractivity contribution in [2.75, 3.05) is 26.4 Å². The Kier molecular flexibility index (Phi) is 5.33. The quantitative estimate of drug-likeness (QED) is 0.625. The van der Waals surface area contributed by atoms with Crippen LogP contribution in [0.4, 0.5) is 0 Å². The van der Waals surface area contributed by atoms with E-state index in [4.69, 9.17) is 9.47 Å².